The smallest absolute Gasteiger partial charge is 0.252 e. The normalized spacial score (nSPS) is 18.9. The zero-order valence-electron chi connectivity index (χ0n) is 13.7. The Labute approximate surface area is 150 Å². The highest BCUT2D eigenvalue weighted by Gasteiger charge is 2.33. The Hall–Kier alpha value is -1.77. The molecule has 1 saturated heterocycles. The summed E-state index contributed by atoms with van der Waals surface area (Å²) in [4.78, 5) is 12.5. The van der Waals surface area contributed by atoms with E-state index >= 15 is 0 Å². The molecule has 1 aromatic heterocycles. The second-order valence-corrected chi connectivity index (χ2v) is 9.20. The van der Waals surface area contributed by atoms with E-state index in [-0.39, 0.29) is 18.3 Å². The van der Waals surface area contributed by atoms with Crippen LogP contribution in [0.15, 0.2) is 39.9 Å². The molecular formula is C17H19FN2O3S2. The molecule has 1 unspecified atom stereocenters. The van der Waals surface area contributed by atoms with Gasteiger partial charge in [-0.1, -0.05) is 6.07 Å². The Balaban J connectivity index is 1.72. The molecule has 0 bridgehead atoms. The van der Waals surface area contributed by atoms with Crippen LogP contribution in [0.25, 0.3) is 0 Å². The van der Waals surface area contributed by atoms with Crippen molar-refractivity contribution < 1.29 is 17.6 Å². The lowest BCUT2D eigenvalue weighted by Gasteiger charge is -2.30. The highest BCUT2D eigenvalue weighted by Crippen LogP contribution is 2.27. The van der Waals surface area contributed by atoms with Crippen LogP contribution in [0.2, 0.25) is 0 Å². The summed E-state index contributed by atoms with van der Waals surface area (Å²) < 4.78 is 40.1. The van der Waals surface area contributed by atoms with Gasteiger partial charge in [-0.2, -0.15) is 4.31 Å². The van der Waals surface area contributed by atoms with Gasteiger partial charge in [-0.3, -0.25) is 4.79 Å². The zero-order chi connectivity index (χ0) is 18.0. The van der Waals surface area contributed by atoms with Crippen molar-refractivity contribution in [1.29, 1.82) is 0 Å². The Kier molecular flexibility index (Phi) is 5.21. The topological polar surface area (TPSA) is 66.5 Å². The number of piperidine rings is 1. The first kappa shape index (κ1) is 18.0. The van der Waals surface area contributed by atoms with Crippen molar-refractivity contribution in [3.8, 4) is 0 Å². The van der Waals surface area contributed by atoms with Crippen molar-refractivity contribution >= 4 is 33.0 Å². The number of hydrogen-bond donors (Lipinski definition) is 1. The van der Waals surface area contributed by atoms with Crippen molar-refractivity contribution in [2.45, 2.75) is 24.0 Å². The van der Waals surface area contributed by atoms with E-state index in [4.69, 9.17) is 0 Å². The molecule has 2 aromatic rings. The van der Waals surface area contributed by atoms with E-state index in [1.165, 1.54) is 33.8 Å². The van der Waals surface area contributed by atoms with Crippen molar-refractivity contribution in [2.75, 3.05) is 18.4 Å². The van der Waals surface area contributed by atoms with Gasteiger partial charge in [0, 0.05) is 18.8 Å². The summed E-state index contributed by atoms with van der Waals surface area (Å²) in [6.07, 6.45) is 1.26. The Morgan fingerprint density at radius 2 is 2.16 bits per heavy atom. The molecule has 0 spiro atoms. The average Bonchev–Trinajstić information content (AvgIpc) is 3.13. The van der Waals surface area contributed by atoms with E-state index in [1.54, 1.807) is 24.4 Å². The molecule has 5 nitrogen and oxygen atoms in total. The van der Waals surface area contributed by atoms with Crippen LogP contribution >= 0.6 is 11.3 Å². The molecule has 0 radical (unpaired) electrons. The average molecular weight is 382 g/mol. The van der Waals surface area contributed by atoms with Crippen molar-refractivity contribution in [2.24, 2.45) is 5.92 Å². The fraction of sp³-hybridized carbons (Fsp3) is 0.353. The Morgan fingerprint density at radius 1 is 1.36 bits per heavy atom. The van der Waals surface area contributed by atoms with Gasteiger partial charge in [-0.25, -0.2) is 12.8 Å². The van der Waals surface area contributed by atoms with E-state index in [0.29, 0.717) is 34.8 Å². The van der Waals surface area contributed by atoms with Crippen LogP contribution in [-0.4, -0.2) is 31.7 Å². The molecule has 134 valence electrons. The largest absolute Gasteiger partial charge is 0.326 e. The molecule has 2 heterocycles. The molecule has 1 aromatic carbocycles. The van der Waals surface area contributed by atoms with Crippen LogP contribution in [-0.2, 0) is 14.8 Å². The molecule has 1 fully saturated rings. The number of nitrogens with one attached hydrogen (secondary N) is 1. The van der Waals surface area contributed by atoms with Gasteiger partial charge in [0.1, 0.15) is 10.0 Å². The second kappa shape index (κ2) is 7.23. The van der Waals surface area contributed by atoms with E-state index in [2.05, 4.69) is 5.32 Å². The number of amides is 1. The molecule has 1 atom stereocenters. The van der Waals surface area contributed by atoms with Crippen LogP contribution in [0, 0.1) is 18.7 Å². The molecule has 25 heavy (non-hydrogen) atoms. The van der Waals surface area contributed by atoms with E-state index < -0.39 is 15.9 Å². The first-order chi connectivity index (χ1) is 11.9. The molecule has 1 amide bonds. The lowest BCUT2D eigenvalue weighted by Crippen LogP contribution is -2.43. The SMILES string of the molecule is Cc1cc(F)ccc1NC(=O)C1CCCN(S(=O)(=O)c2cccs2)C1. The van der Waals surface area contributed by atoms with Crippen molar-refractivity contribution in [3.63, 3.8) is 0 Å². The number of halogens is 1. The number of rotatable bonds is 4. The first-order valence-electron chi connectivity index (χ1n) is 7.98. The molecule has 1 N–H and O–H groups in total. The molecule has 0 saturated carbocycles. The van der Waals surface area contributed by atoms with E-state index in [0.717, 1.165) is 0 Å². The van der Waals surface area contributed by atoms with Gasteiger partial charge >= 0.3 is 0 Å². The lowest BCUT2D eigenvalue weighted by molar-refractivity contribution is -0.120. The molecule has 0 aliphatic carbocycles. The highest BCUT2D eigenvalue weighted by molar-refractivity contribution is 7.91. The number of benzene rings is 1. The highest BCUT2D eigenvalue weighted by atomic mass is 32.2. The monoisotopic (exact) mass is 382 g/mol. The van der Waals surface area contributed by atoms with Gasteiger partial charge in [-0.05, 0) is 55.0 Å². The third-order valence-corrected chi connectivity index (χ3v) is 7.53. The minimum absolute atomic E-state index is 0.159. The number of thiophene rings is 1. The summed E-state index contributed by atoms with van der Waals surface area (Å²) in [6.45, 7) is 2.29. The summed E-state index contributed by atoms with van der Waals surface area (Å²) in [5, 5.41) is 4.51. The molecule has 1 aliphatic heterocycles. The van der Waals surface area contributed by atoms with Crippen LogP contribution in [0.1, 0.15) is 18.4 Å². The quantitative estimate of drug-likeness (QED) is 0.883. The van der Waals surface area contributed by atoms with E-state index in [9.17, 15) is 17.6 Å². The number of hydrogen-bond acceptors (Lipinski definition) is 4. The second-order valence-electron chi connectivity index (χ2n) is 6.08. The van der Waals surface area contributed by atoms with Gasteiger partial charge in [0.2, 0.25) is 5.91 Å². The van der Waals surface area contributed by atoms with E-state index in [1.807, 2.05) is 0 Å². The third-order valence-electron chi connectivity index (χ3n) is 4.29. The van der Waals surface area contributed by atoms with Crippen LogP contribution < -0.4 is 5.32 Å². The van der Waals surface area contributed by atoms with Gasteiger partial charge in [0.05, 0.1) is 5.92 Å². The van der Waals surface area contributed by atoms with Gasteiger partial charge in [0.25, 0.3) is 10.0 Å². The minimum Gasteiger partial charge on any atom is -0.326 e. The summed E-state index contributed by atoms with van der Waals surface area (Å²) in [7, 11) is -3.55. The number of anilines is 1. The lowest BCUT2D eigenvalue weighted by atomic mass is 9.98. The predicted molar refractivity (Wildman–Crippen MR) is 95.6 cm³/mol. The maximum Gasteiger partial charge on any atom is 0.252 e. The molecule has 1 aliphatic rings. The van der Waals surface area contributed by atoms with Crippen LogP contribution in [0.3, 0.4) is 0 Å². The van der Waals surface area contributed by atoms with Crippen LogP contribution in [0.5, 0.6) is 0 Å². The minimum atomic E-state index is -3.55. The van der Waals surface area contributed by atoms with Gasteiger partial charge in [0.15, 0.2) is 0 Å². The fourth-order valence-electron chi connectivity index (χ4n) is 2.91. The Morgan fingerprint density at radius 3 is 2.84 bits per heavy atom. The van der Waals surface area contributed by atoms with Crippen molar-refractivity contribution in [1.82, 2.24) is 4.31 Å². The number of carbonyl (C=O) groups is 1. The standard InChI is InChI=1S/C17H19FN2O3S2/c1-12-10-14(18)6-7-15(12)19-17(21)13-4-2-8-20(11-13)25(22,23)16-5-3-9-24-16/h3,5-7,9-10,13H,2,4,8,11H2,1H3,(H,19,21). The zero-order valence-corrected chi connectivity index (χ0v) is 15.4. The summed E-state index contributed by atoms with van der Waals surface area (Å²) in [5.41, 5.74) is 1.18. The summed E-state index contributed by atoms with van der Waals surface area (Å²) in [6, 6.07) is 7.43. The molecular weight excluding hydrogens is 363 g/mol. The number of carbonyl (C=O) groups excluding carboxylic acids is 1. The van der Waals surface area contributed by atoms with Crippen LogP contribution in [0.4, 0.5) is 10.1 Å². The van der Waals surface area contributed by atoms with Crippen molar-refractivity contribution in [3.05, 3.63) is 47.1 Å². The predicted octanol–water partition coefficient (Wildman–Crippen LogP) is 3.24. The maximum absolute atomic E-state index is 13.2. The maximum atomic E-state index is 13.2. The summed E-state index contributed by atoms with van der Waals surface area (Å²) in [5.74, 6) is -1.02. The molecule has 8 heteroatoms. The number of sulfonamides is 1. The summed E-state index contributed by atoms with van der Waals surface area (Å²) >= 11 is 1.17. The van der Waals surface area contributed by atoms with Gasteiger partial charge in [-0.15, -0.1) is 11.3 Å². The number of aryl methyl sites for hydroxylation is 1. The third kappa shape index (κ3) is 3.91. The molecule has 3 rings (SSSR count). The Bertz CT molecular complexity index is 866. The first-order valence-corrected chi connectivity index (χ1v) is 10.3. The van der Waals surface area contributed by atoms with Gasteiger partial charge < -0.3 is 5.32 Å². The fourth-order valence-corrected chi connectivity index (χ4v) is 5.58. The number of nitrogens with zero attached hydrogens (tertiary/aromatic N) is 1.